The van der Waals surface area contributed by atoms with Crippen LogP contribution in [0.2, 0.25) is 5.02 Å². The Morgan fingerprint density at radius 1 is 0.973 bits per heavy atom. The first kappa shape index (κ1) is 24.8. The maximum atomic E-state index is 13.4. The molecule has 1 atom stereocenters. The normalized spacial score (nSPS) is 16.9. The van der Waals surface area contributed by atoms with E-state index in [1.807, 2.05) is 32.0 Å². The minimum atomic E-state index is -0.890. The van der Waals surface area contributed by atoms with Crippen LogP contribution in [0.25, 0.3) is 16.0 Å². The SMILES string of the molecule is CCOc1ccc(C2/C(=C(\O)c3ccc(Cl)cc3)C(=O)C(=O)N2c2nc3ccc(OCC)cc3s2)cc1. The smallest absolute Gasteiger partial charge is 0.301 e. The Hall–Kier alpha value is -3.88. The Bertz CT molecular complexity index is 1510. The van der Waals surface area contributed by atoms with Gasteiger partial charge in [-0.1, -0.05) is 35.1 Å². The molecular weight excluding hydrogens is 512 g/mol. The van der Waals surface area contributed by atoms with E-state index in [9.17, 15) is 14.7 Å². The van der Waals surface area contributed by atoms with Crippen molar-refractivity contribution < 1.29 is 24.2 Å². The third kappa shape index (κ3) is 4.65. The van der Waals surface area contributed by atoms with Crippen molar-refractivity contribution in [1.29, 1.82) is 0 Å². The van der Waals surface area contributed by atoms with Gasteiger partial charge in [0, 0.05) is 10.6 Å². The van der Waals surface area contributed by atoms with Gasteiger partial charge in [-0.15, -0.1) is 0 Å². The molecule has 0 radical (unpaired) electrons. The molecule has 3 aromatic carbocycles. The summed E-state index contributed by atoms with van der Waals surface area (Å²) < 4.78 is 12.0. The number of thiazole rings is 1. The van der Waals surface area contributed by atoms with E-state index in [0.29, 0.717) is 51.5 Å². The zero-order valence-electron chi connectivity index (χ0n) is 20.1. The molecule has 9 heteroatoms. The maximum absolute atomic E-state index is 13.4. The molecule has 2 heterocycles. The predicted octanol–water partition coefficient (Wildman–Crippen LogP) is 6.37. The van der Waals surface area contributed by atoms with Crippen LogP contribution >= 0.6 is 22.9 Å². The Morgan fingerprint density at radius 2 is 1.62 bits per heavy atom. The van der Waals surface area contributed by atoms with Gasteiger partial charge in [-0.25, -0.2) is 4.98 Å². The number of carbonyl (C=O) groups is 2. The number of anilines is 1. The van der Waals surface area contributed by atoms with Crippen LogP contribution in [0.5, 0.6) is 11.5 Å². The van der Waals surface area contributed by atoms with Crippen molar-refractivity contribution >= 4 is 55.7 Å². The highest BCUT2D eigenvalue weighted by atomic mass is 35.5. The summed E-state index contributed by atoms with van der Waals surface area (Å²) in [7, 11) is 0. The van der Waals surface area contributed by atoms with Crippen LogP contribution in [0.3, 0.4) is 0 Å². The molecule has 1 N–H and O–H groups in total. The van der Waals surface area contributed by atoms with Crippen molar-refractivity contribution in [2.75, 3.05) is 18.1 Å². The van der Waals surface area contributed by atoms with Gasteiger partial charge in [0.25, 0.3) is 5.78 Å². The average molecular weight is 535 g/mol. The van der Waals surface area contributed by atoms with Gasteiger partial charge in [0.05, 0.1) is 35.0 Å². The van der Waals surface area contributed by atoms with Crippen molar-refractivity contribution in [2.24, 2.45) is 0 Å². The van der Waals surface area contributed by atoms with Gasteiger partial charge in [-0.3, -0.25) is 14.5 Å². The summed E-state index contributed by atoms with van der Waals surface area (Å²) in [6, 6.07) is 18.1. The van der Waals surface area contributed by atoms with Crippen molar-refractivity contribution in [3.63, 3.8) is 0 Å². The van der Waals surface area contributed by atoms with E-state index >= 15 is 0 Å². The zero-order valence-corrected chi connectivity index (χ0v) is 21.7. The van der Waals surface area contributed by atoms with E-state index in [2.05, 4.69) is 4.98 Å². The Balaban J connectivity index is 1.67. The number of Topliss-reactive ketones (excluding diaryl/α,β-unsaturated/α-hetero) is 1. The molecule has 1 unspecified atom stereocenters. The number of halogens is 1. The lowest BCUT2D eigenvalue weighted by atomic mass is 9.95. The van der Waals surface area contributed by atoms with Gasteiger partial charge in [0.2, 0.25) is 0 Å². The Labute approximate surface area is 222 Å². The fraction of sp³-hybridized carbons (Fsp3) is 0.179. The molecule has 0 spiro atoms. The Morgan fingerprint density at radius 3 is 2.30 bits per heavy atom. The van der Waals surface area contributed by atoms with Crippen molar-refractivity contribution in [3.8, 4) is 11.5 Å². The molecule has 0 aliphatic carbocycles. The first-order chi connectivity index (χ1) is 17.9. The average Bonchev–Trinajstić information content (AvgIpc) is 3.43. The van der Waals surface area contributed by atoms with E-state index in [0.717, 1.165) is 4.70 Å². The number of fused-ring (bicyclic) bond motifs is 1. The van der Waals surface area contributed by atoms with Gasteiger partial charge < -0.3 is 14.6 Å². The number of amides is 1. The number of aliphatic hydroxyl groups is 1. The van der Waals surface area contributed by atoms with Crippen molar-refractivity contribution in [2.45, 2.75) is 19.9 Å². The zero-order chi connectivity index (χ0) is 26.1. The van der Waals surface area contributed by atoms with Crippen LogP contribution < -0.4 is 14.4 Å². The van der Waals surface area contributed by atoms with Gasteiger partial charge in [-0.2, -0.15) is 0 Å². The van der Waals surface area contributed by atoms with E-state index in [1.165, 1.54) is 16.2 Å². The lowest BCUT2D eigenvalue weighted by Crippen LogP contribution is -2.29. The number of benzene rings is 3. The minimum Gasteiger partial charge on any atom is -0.507 e. The largest absolute Gasteiger partial charge is 0.507 e. The lowest BCUT2D eigenvalue weighted by molar-refractivity contribution is -0.132. The second-order valence-electron chi connectivity index (χ2n) is 8.24. The maximum Gasteiger partial charge on any atom is 0.301 e. The van der Waals surface area contributed by atoms with Crippen molar-refractivity contribution in [3.05, 3.63) is 88.5 Å². The number of rotatable bonds is 7. The number of aliphatic hydroxyl groups excluding tert-OH is 1. The minimum absolute atomic E-state index is 0.0225. The molecule has 1 aliphatic rings. The molecule has 4 aromatic rings. The van der Waals surface area contributed by atoms with E-state index in [1.54, 1.807) is 48.5 Å². The summed E-state index contributed by atoms with van der Waals surface area (Å²) in [6.07, 6.45) is 0. The summed E-state index contributed by atoms with van der Waals surface area (Å²) in [4.78, 5) is 32.8. The van der Waals surface area contributed by atoms with Crippen LogP contribution in [-0.2, 0) is 9.59 Å². The predicted molar refractivity (Wildman–Crippen MR) is 145 cm³/mol. The number of aromatic nitrogens is 1. The number of nitrogens with zero attached hydrogens (tertiary/aromatic N) is 2. The monoisotopic (exact) mass is 534 g/mol. The summed E-state index contributed by atoms with van der Waals surface area (Å²) in [5.41, 5.74) is 1.66. The second-order valence-corrected chi connectivity index (χ2v) is 9.68. The topological polar surface area (TPSA) is 89.0 Å². The second kappa shape index (κ2) is 10.2. The molecule has 0 bridgehead atoms. The number of carbonyl (C=O) groups excluding carboxylic acids is 2. The van der Waals surface area contributed by atoms with Gasteiger partial charge in [0.1, 0.15) is 17.3 Å². The summed E-state index contributed by atoms with van der Waals surface area (Å²) in [5, 5.41) is 12.1. The van der Waals surface area contributed by atoms with E-state index in [4.69, 9.17) is 21.1 Å². The van der Waals surface area contributed by atoms with Crippen LogP contribution in [0.1, 0.15) is 31.0 Å². The highest BCUT2D eigenvalue weighted by molar-refractivity contribution is 7.22. The molecule has 1 amide bonds. The van der Waals surface area contributed by atoms with Crippen molar-refractivity contribution in [1.82, 2.24) is 4.98 Å². The highest BCUT2D eigenvalue weighted by Crippen LogP contribution is 2.45. The molecule has 37 heavy (non-hydrogen) atoms. The molecule has 1 aliphatic heterocycles. The fourth-order valence-electron chi connectivity index (χ4n) is 4.27. The molecule has 7 nitrogen and oxygen atoms in total. The summed E-state index contributed by atoms with van der Waals surface area (Å²) >= 11 is 7.29. The van der Waals surface area contributed by atoms with Crippen LogP contribution in [0.15, 0.2) is 72.3 Å². The first-order valence-electron chi connectivity index (χ1n) is 11.7. The lowest BCUT2D eigenvalue weighted by Gasteiger charge is -2.23. The first-order valence-corrected chi connectivity index (χ1v) is 12.9. The molecule has 1 saturated heterocycles. The summed E-state index contributed by atoms with van der Waals surface area (Å²) in [5.74, 6) is -0.488. The molecule has 5 rings (SSSR count). The number of ether oxygens (including phenoxy) is 2. The molecule has 1 aromatic heterocycles. The molecule has 188 valence electrons. The number of ketones is 1. The summed E-state index contributed by atoms with van der Waals surface area (Å²) in [6.45, 7) is 4.82. The molecule has 0 saturated carbocycles. The fourth-order valence-corrected chi connectivity index (χ4v) is 5.42. The highest BCUT2D eigenvalue weighted by Gasteiger charge is 2.48. The van der Waals surface area contributed by atoms with Crippen LogP contribution in [0, 0.1) is 0 Å². The third-order valence-electron chi connectivity index (χ3n) is 5.93. The number of hydrogen-bond donors (Lipinski definition) is 1. The standard InChI is InChI=1S/C28H23ClN2O5S/c1-3-35-19-11-7-16(8-12-19)24-23(25(32)17-5-9-18(29)10-6-17)26(33)27(34)31(24)28-30-21-14-13-20(36-4-2)15-22(21)37-28/h5-15,24,32H,3-4H2,1-2H3/b25-23+. The van der Waals surface area contributed by atoms with Gasteiger partial charge in [-0.05, 0) is 74.0 Å². The third-order valence-corrected chi connectivity index (χ3v) is 7.20. The Kier molecular flexibility index (Phi) is 6.86. The van der Waals surface area contributed by atoms with Crippen LogP contribution in [0.4, 0.5) is 5.13 Å². The van der Waals surface area contributed by atoms with Crippen LogP contribution in [-0.4, -0.2) is 35.0 Å². The van der Waals surface area contributed by atoms with Gasteiger partial charge >= 0.3 is 5.91 Å². The van der Waals surface area contributed by atoms with E-state index < -0.39 is 17.7 Å². The van der Waals surface area contributed by atoms with Gasteiger partial charge in [0.15, 0.2) is 5.13 Å². The molecular formula is C28H23ClN2O5S. The quantitative estimate of drug-likeness (QED) is 0.168. The van der Waals surface area contributed by atoms with E-state index in [-0.39, 0.29) is 11.3 Å². The molecule has 1 fully saturated rings. The number of hydrogen-bond acceptors (Lipinski definition) is 7.